The Morgan fingerprint density at radius 2 is 2.04 bits per heavy atom. The van der Waals surface area contributed by atoms with E-state index in [1.807, 2.05) is 19.9 Å². The van der Waals surface area contributed by atoms with Crippen LogP contribution in [0.15, 0.2) is 30.3 Å². The van der Waals surface area contributed by atoms with Crippen LogP contribution in [-0.2, 0) is 0 Å². The first kappa shape index (κ1) is 14.1. The molecule has 23 heavy (non-hydrogen) atoms. The van der Waals surface area contributed by atoms with Gasteiger partial charge in [-0.3, -0.25) is 4.79 Å². The fraction of sp³-hybridized carbons (Fsp3) is 0.176. The normalized spacial score (nSPS) is 16.8. The Bertz CT molecular complexity index is 950. The molecule has 0 bridgehead atoms. The molecule has 6 heteroatoms. The fourth-order valence-electron chi connectivity index (χ4n) is 2.97. The van der Waals surface area contributed by atoms with Crippen LogP contribution in [0.4, 0.5) is 10.1 Å². The molecule has 116 valence electrons. The van der Waals surface area contributed by atoms with Crippen molar-refractivity contribution in [3.05, 3.63) is 57.8 Å². The molecule has 4 nitrogen and oxygen atoms in total. The van der Waals surface area contributed by atoms with Crippen molar-refractivity contribution in [2.45, 2.75) is 20.0 Å². The highest BCUT2D eigenvalue weighted by atomic mass is 32.1. The van der Waals surface area contributed by atoms with Crippen molar-refractivity contribution in [3.63, 3.8) is 0 Å². The Balaban J connectivity index is 1.86. The predicted octanol–water partition coefficient (Wildman–Crippen LogP) is 3.91. The highest BCUT2D eigenvalue weighted by Gasteiger charge is 2.29. The van der Waals surface area contributed by atoms with Crippen molar-refractivity contribution in [3.8, 4) is 0 Å². The van der Waals surface area contributed by atoms with Crippen LogP contribution in [-0.4, -0.2) is 10.9 Å². The second kappa shape index (κ2) is 5.03. The molecule has 3 aromatic rings. The summed E-state index contributed by atoms with van der Waals surface area (Å²) < 4.78 is 13.5. The van der Waals surface area contributed by atoms with Crippen LogP contribution < -0.4 is 10.6 Å². The number of aromatic nitrogens is 1. The number of carbonyl (C=O) groups is 1. The average Bonchev–Trinajstić information content (AvgIpc) is 2.86. The molecule has 3 heterocycles. The molecule has 1 aliphatic rings. The number of halogens is 1. The van der Waals surface area contributed by atoms with E-state index in [2.05, 4.69) is 15.6 Å². The van der Waals surface area contributed by atoms with Gasteiger partial charge in [0.25, 0.3) is 5.91 Å². The van der Waals surface area contributed by atoms with E-state index >= 15 is 0 Å². The van der Waals surface area contributed by atoms with Crippen molar-refractivity contribution in [2.24, 2.45) is 0 Å². The number of nitrogens with one attached hydrogen (secondary N) is 2. The first-order chi connectivity index (χ1) is 11.0. The lowest BCUT2D eigenvalue weighted by Gasteiger charge is -2.26. The number of fused-ring (bicyclic) bond motifs is 3. The number of anilines is 1. The molecular weight excluding hydrogens is 313 g/mol. The molecule has 1 aromatic carbocycles. The maximum Gasteiger partial charge on any atom is 0.265 e. The van der Waals surface area contributed by atoms with E-state index in [4.69, 9.17) is 0 Å². The second-order valence-corrected chi connectivity index (χ2v) is 6.67. The van der Waals surface area contributed by atoms with Crippen LogP contribution in [0.2, 0.25) is 0 Å². The summed E-state index contributed by atoms with van der Waals surface area (Å²) >= 11 is 1.38. The van der Waals surface area contributed by atoms with Crippen LogP contribution in [0.1, 0.15) is 32.7 Å². The monoisotopic (exact) mass is 327 g/mol. The van der Waals surface area contributed by atoms with E-state index < -0.39 is 6.17 Å². The highest BCUT2D eigenvalue weighted by Crippen LogP contribution is 2.40. The average molecular weight is 327 g/mol. The van der Waals surface area contributed by atoms with Crippen molar-refractivity contribution in [2.75, 3.05) is 5.32 Å². The van der Waals surface area contributed by atoms with E-state index in [1.54, 1.807) is 12.1 Å². The molecular formula is C17H14FN3OS. The van der Waals surface area contributed by atoms with Crippen molar-refractivity contribution in [1.29, 1.82) is 0 Å². The number of amides is 1. The molecule has 2 aromatic heterocycles. The third-order valence-corrected chi connectivity index (χ3v) is 5.02. The van der Waals surface area contributed by atoms with Crippen LogP contribution >= 0.6 is 11.3 Å². The van der Waals surface area contributed by atoms with Crippen molar-refractivity contribution < 1.29 is 9.18 Å². The Labute approximate surface area is 136 Å². The van der Waals surface area contributed by atoms with Gasteiger partial charge >= 0.3 is 0 Å². The van der Waals surface area contributed by atoms with E-state index in [0.29, 0.717) is 10.4 Å². The molecule has 0 spiro atoms. The number of aryl methyl sites for hydroxylation is 2. The van der Waals surface area contributed by atoms with Crippen LogP contribution in [0.25, 0.3) is 10.2 Å². The standard InChI is InChI=1S/C17H14FN3OS/c1-8-6-9(2)19-17-12(8)13-14(23-17)16(22)21-15(20-13)10-4-3-5-11(18)7-10/h3-7,15,20H,1-2H3,(H,21,22). The lowest BCUT2D eigenvalue weighted by molar-refractivity contribution is 0.0940. The second-order valence-electron chi connectivity index (χ2n) is 5.67. The molecule has 1 atom stereocenters. The first-order valence-corrected chi connectivity index (χ1v) is 8.08. The Hall–Kier alpha value is -2.47. The zero-order valence-electron chi connectivity index (χ0n) is 12.6. The van der Waals surface area contributed by atoms with Gasteiger partial charge in [-0.05, 0) is 43.2 Å². The zero-order chi connectivity index (χ0) is 16.1. The summed E-state index contributed by atoms with van der Waals surface area (Å²) in [4.78, 5) is 18.4. The van der Waals surface area contributed by atoms with Gasteiger partial charge in [0.05, 0.1) is 5.69 Å². The molecule has 0 saturated heterocycles. The van der Waals surface area contributed by atoms with Gasteiger partial charge in [-0.15, -0.1) is 11.3 Å². The molecule has 0 fully saturated rings. The predicted molar refractivity (Wildman–Crippen MR) is 89.3 cm³/mol. The minimum absolute atomic E-state index is 0.159. The Kier molecular flexibility index (Phi) is 3.09. The van der Waals surface area contributed by atoms with Gasteiger partial charge in [0, 0.05) is 11.1 Å². The molecule has 0 saturated carbocycles. The lowest BCUT2D eigenvalue weighted by Crippen LogP contribution is -2.37. The number of hydrogen-bond donors (Lipinski definition) is 2. The molecule has 0 radical (unpaired) electrons. The quantitative estimate of drug-likeness (QED) is 0.712. The largest absolute Gasteiger partial charge is 0.360 e. The van der Waals surface area contributed by atoms with E-state index in [-0.39, 0.29) is 11.7 Å². The van der Waals surface area contributed by atoms with Gasteiger partial charge in [-0.25, -0.2) is 9.37 Å². The molecule has 1 unspecified atom stereocenters. The summed E-state index contributed by atoms with van der Waals surface area (Å²) in [7, 11) is 0. The van der Waals surface area contributed by atoms with E-state index in [9.17, 15) is 9.18 Å². The number of pyridine rings is 1. The number of carbonyl (C=O) groups excluding carboxylic acids is 1. The maximum atomic E-state index is 13.5. The molecule has 4 rings (SSSR count). The lowest BCUT2D eigenvalue weighted by atomic mass is 10.1. The smallest absolute Gasteiger partial charge is 0.265 e. The summed E-state index contributed by atoms with van der Waals surface area (Å²) in [5, 5.41) is 7.17. The van der Waals surface area contributed by atoms with Gasteiger partial charge in [-0.2, -0.15) is 0 Å². The summed E-state index contributed by atoms with van der Waals surface area (Å²) in [5.41, 5.74) is 3.47. The molecule has 1 amide bonds. The van der Waals surface area contributed by atoms with Gasteiger partial charge < -0.3 is 10.6 Å². The number of thiophene rings is 1. The SMILES string of the molecule is Cc1cc(C)c2c3c(sc2n1)C(=O)NC(c1cccc(F)c1)N3. The number of rotatable bonds is 1. The minimum Gasteiger partial charge on any atom is -0.360 e. The highest BCUT2D eigenvalue weighted by molar-refractivity contribution is 7.21. The number of nitrogens with zero attached hydrogens (tertiary/aromatic N) is 1. The third-order valence-electron chi connectivity index (χ3n) is 3.94. The van der Waals surface area contributed by atoms with Gasteiger partial charge in [0.15, 0.2) is 0 Å². The van der Waals surface area contributed by atoms with Gasteiger partial charge in [-0.1, -0.05) is 12.1 Å². The molecule has 2 N–H and O–H groups in total. The summed E-state index contributed by atoms with van der Waals surface area (Å²) in [6.45, 7) is 3.95. The summed E-state index contributed by atoms with van der Waals surface area (Å²) in [6, 6.07) is 8.23. The third kappa shape index (κ3) is 2.26. The fourth-order valence-corrected chi connectivity index (χ4v) is 4.13. The van der Waals surface area contributed by atoms with Crippen molar-refractivity contribution in [1.82, 2.24) is 10.3 Å². The summed E-state index contributed by atoms with van der Waals surface area (Å²) in [5.74, 6) is -0.485. The van der Waals surface area contributed by atoms with Crippen molar-refractivity contribution >= 4 is 33.1 Å². The van der Waals surface area contributed by atoms with Gasteiger partial charge in [0.1, 0.15) is 21.7 Å². The molecule has 1 aliphatic heterocycles. The van der Waals surface area contributed by atoms with Crippen LogP contribution in [0.3, 0.4) is 0 Å². The van der Waals surface area contributed by atoms with Crippen LogP contribution in [0, 0.1) is 19.7 Å². The Morgan fingerprint density at radius 3 is 2.83 bits per heavy atom. The summed E-state index contributed by atoms with van der Waals surface area (Å²) in [6.07, 6.45) is -0.454. The topological polar surface area (TPSA) is 54.0 Å². The van der Waals surface area contributed by atoms with Crippen LogP contribution in [0.5, 0.6) is 0 Å². The molecule has 0 aliphatic carbocycles. The number of hydrogen-bond acceptors (Lipinski definition) is 4. The van der Waals surface area contributed by atoms with E-state index in [1.165, 1.54) is 23.5 Å². The van der Waals surface area contributed by atoms with Gasteiger partial charge in [0.2, 0.25) is 0 Å². The van der Waals surface area contributed by atoms with E-state index in [0.717, 1.165) is 27.2 Å². The Morgan fingerprint density at radius 1 is 1.22 bits per heavy atom. The number of benzene rings is 1. The zero-order valence-corrected chi connectivity index (χ0v) is 13.4. The minimum atomic E-state index is -0.454. The maximum absolute atomic E-state index is 13.5. The first-order valence-electron chi connectivity index (χ1n) is 7.26.